The van der Waals surface area contributed by atoms with Gasteiger partial charge in [0.2, 0.25) is 11.9 Å². The monoisotopic (exact) mass is 382 g/mol. The lowest BCUT2D eigenvalue weighted by molar-refractivity contribution is -0.114. The Balaban J connectivity index is 1.38. The SMILES string of the molecule is CC(=O)Nc1cnc(N2CCN(C(C)c3ccc4ncsc4c3)CC2)nc1. The molecule has 1 saturated heterocycles. The predicted octanol–water partition coefficient (Wildman–Crippen LogP) is 2.93. The number of piperazine rings is 1. The van der Waals surface area contributed by atoms with Gasteiger partial charge in [-0.25, -0.2) is 15.0 Å². The molecule has 0 spiro atoms. The molecule has 1 aliphatic heterocycles. The van der Waals surface area contributed by atoms with Crippen LogP contribution in [-0.2, 0) is 4.79 Å². The van der Waals surface area contributed by atoms with Crippen LogP contribution >= 0.6 is 11.3 Å². The summed E-state index contributed by atoms with van der Waals surface area (Å²) in [5.41, 5.74) is 4.92. The number of nitrogens with zero attached hydrogens (tertiary/aromatic N) is 5. The number of anilines is 2. The molecule has 1 N–H and O–H groups in total. The summed E-state index contributed by atoms with van der Waals surface area (Å²) in [4.78, 5) is 28.9. The van der Waals surface area contributed by atoms with Crippen LogP contribution in [0.25, 0.3) is 10.2 Å². The fourth-order valence-electron chi connectivity index (χ4n) is 3.40. The number of fused-ring (bicyclic) bond motifs is 1. The Morgan fingerprint density at radius 3 is 2.59 bits per heavy atom. The number of nitrogens with one attached hydrogen (secondary N) is 1. The number of carbonyl (C=O) groups excluding carboxylic acids is 1. The average Bonchev–Trinajstić information content (AvgIpc) is 3.15. The van der Waals surface area contributed by atoms with Gasteiger partial charge in [0, 0.05) is 39.1 Å². The highest BCUT2D eigenvalue weighted by Gasteiger charge is 2.23. The topological polar surface area (TPSA) is 74.2 Å². The highest BCUT2D eigenvalue weighted by atomic mass is 32.1. The summed E-state index contributed by atoms with van der Waals surface area (Å²) in [6.45, 7) is 7.41. The van der Waals surface area contributed by atoms with Crippen molar-refractivity contribution in [3.63, 3.8) is 0 Å². The molecule has 1 fully saturated rings. The molecular weight excluding hydrogens is 360 g/mol. The van der Waals surface area contributed by atoms with Crippen molar-refractivity contribution in [3.8, 4) is 0 Å². The number of benzene rings is 1. The highest BCUT2D eigenvalue weighted by Crippen LogP contribution is 2.27. The van der Waals surface area contributed by atoms with E-state index < -0.39 is 0 Å². The van der Waals surface area contributed by atoms with Crippen molar-refractivity contribution in [2.75, 3.05) is 36.4 Å². The molecule has 1 aromatic carbocycles. The number of rotatable bonds is 4. The van der Waals surface area contributed by atoms with Crippen LogP contribution in [0, 0.1) is 0 Å². The first-order valence-electron chi connectivity index (χ1n) is 9.02. The maximum Gasteiger partial charge on any atom is 0.225 e. The van der Waals surface area contributed by atoms with Crippen LogP contribution in [0.5, 0.6) is 0 Å². The third-order valence-corrected chi connectivity index (χ3v) is 5.73. The predicted molar refractivity (Wildman–Crippen MR) is 108 cm³/mol. The average molecular weight is 382 g/mol. The van der Waals surface area contributed by atoms with E-state index in [9.17, 15) is 4.79 Å². The van der Waals surface area contributed by atoms with Crippen LogP contribution in [0.2, 0.25) is 0 Å². The molecule has 1 atom stereocenters. The molecule has 8 heteroatoms. The van der Waals surface area contributed by atoms with Crippen LogP contribution in [0.15, 0.2) is 36.1 Å². The summed E-state index contributed by atoms with van der Waals surface area (Å²) in [5, 5.41) is 2.69. The third kappa shape index (κ3) is 3.91. The van der Waals surface area contributed by atoms with Crippen molar-refractivity contribution >= 4 is 39.1 Å². The molecule has 140 valence electrons. The van der Waals surface area contributed by atoms with E-state index in [4.69, 9.17) is 0 Å². The van der Waals surface area contributed by atoms with E-state index in [0.29, 0.717) is 17.7 Å². The molecule has 0 saturated carbocycles. The largest absolute Gasteiger partial charge is 0.338 e. The van der Waals surface area contributed by atoms with Gasteiger partial charge in [-0.05, 0) is 24.6 Å². The summed E-state index contributed by atoms with van der Waals surface area (Å²) in [6, 6.07) is 6.91. The molecule has 4 rings (SSSR count). The number of thiazole rings is 1. The maximum atomic E-state index is 11.1. The first-order chi connectivity index (χ1) is 13.1. The minimum Gasteiger partial charge on any atom is -0.338 e. The van der Waals surface area contributed by atoms with E-state index in [-0.39, 0.29) is 5.91 Å². The molecule has 1 unspecified atom stereocenters. The zero-order valence-corrected chi connectivity index (χ0v) is 16.2. The minimum absolute atomic E-state index is 0.120. The number of aromatic nitrogens is 3. The number of amides is 1. The van der Waals surface area contributed by atoms with Gasteiger partial charge >= 0.3 is 0 Å². The lowest BCUT2D eigenvalue weighted by Crippen LogP contribution is -2.47. The van der Waals surface area contributed by atoms with Gasteiger partial charge in [-0.1, -0.05) is 6.07 Å². The second kappa shape index (κ2) is 7.58. The Labute approximate surface area is 162 Å². The molecular formula is C19H22N6OS. The molecule has 7 nitrogen and oxygen atoms in total. The molecule has 1 aliphatic rings. The molecule has 1 amide bonds. The summed E-state index contributed by atoms with van der Waals surface area (Å²) in [7, 11) is 0. The molecule has 0 bridgehead atoms. The van der Waals surface area contributed by atoms with Gasteiger partial charge in [0.25, 0.3) is 0 Å². The molecule has 3 aromatic rings. The Morgan fingerprint density at radius 1 is 1.15 bits per heavy atom. The van der Waals surface area contributed by atoms with E-state index >= 15 is 0 Å². The molecule has 2 aromatic heterocycles. The second-order valence-corrected chi connectivity index (χ2v) is 7.62. The van der Waals surface area contributed by atoms with Crippen LogP contribution < -0.4 is 10.2 Å². The molecule has 3 heterocycles. The molecule has 0 radical (unpaired) electrons. The van der Waals surface area contributed by atoms with E-state index in [0.717, 1.165) is 31.7 Å². The van der Waals surface area contributed by atoms with E-state index in [2.05, 4.69) is 55.2 Å². The van der Waals surface area contributed by atoms with Gasteiger partial charge in [0.1, 0.15) is 0 Å². The number of carbonyl (C=O) groups is 1. The van der Waals surface area contributed by atoms with Crippen molar-refractivity contribution in [1.29, 1.82) is 0 Å². The van der Waals surface area contributed by atoms with Crippen molar-refractivity contribution in [2.45, 2.75) is 19.9 Å². The number of hydrogen-bond donors (Lipinski definition) is 1. The van der Waals surface area contributed by atoms with E-state index in [1.165, 1.54) is 17.2 Å². The van der Waals surface area contributed by atoms with Crippen molar-refractivity contribution in [3.05, 3.63) is 41.7 Å². The van der Waals surface area contributed by atoms with E-state index in [1.807, 2.05) is 5.51 Å². The quantitative estimate of drug-likeness (QED) is 0.748. The lowest BCUT2D eigenvalue weighted by atomic mass is 10.1. The maximum absolute atomic E-state index is 11.1. The number of hydrogen-bond acceptors (Lipinski definition) is 7. The molecule has 27 heavy (non-hydrogen) atoms. The Bertz CT molecular complexity index is 933. The fraction of sp³-hybridized carbons (Fsp3) is 0.368. The van der Waals surface area contributed by atoms with Crippen LogP contribution in [0.4, 0.5) is 11.6 Å². The van der Waals surface area contributed by atoms with Gasteiger partial charge in [-0.3, -0.25) is 9.69 Å². The van der Waals surface area contributed by atoms with Crippen molar-refractivity contribution in [2.24, 2.45) is 0 Å². The van der Waals surface area contributed by atoms with Gasteiger partial charge in [-0.2, -0.15) is 0 Å². The second-order valence-electron chi connectivity index (χ2n) is 6.73. The normalized spacial score (nSPS) is 16.4. The van der Waals surface area contributed by atoms with Crippen molar-refractivity contribution < 1.29 is 4.79 Å². The van der Waals surface area contributed by atoms with Gasteiger partial charge in [0.05, 0.1) is 33.8 Å². The standard InChI is InChI=1S/C19H22N6OS/c1-13(15-3-4-17-18(9-15)27-12-22-17)24-5-7-25(8-6-24)19-20-10-16(11-21-19)23-14(2)26/h3-4,9-13H,5-8H2,1-2H3,(H,23,26). The van der Waals surface area contributed by atoms with Crippen molar-refractivity contribution in [1.82, 2.24) is 19.9 Å². The van der Waals surface area contributed by atoms with E-state index in [1.54, 1.807) is 23.7 Å². The first-order valence-corrected chi connectivity index (χ1v) is 9.90. The zero-order chi connectivity index (χ0) is 18.8. The van der Waals surface area contributed by atoms with Gasteiger partial charge < -0.3 is 10.2 Å². The highest BCUT2D eigenvalue weighted by molar-refractivity contribution is 7.16. The molecule has 0 aliphatic carbocycles. The summed E-state index contributed by atoms with van der Waals surface area (Å²) in [6.07, 6.45) is 3.31. The van der Waals surface area contributed by atoms with Crippen LogP contribution in [0.1, 0.15) is 25.5 Å². The summed E-state index contributed by atoms with van der Waals surface area (Å²) < 4.78 is 1.24. The third-order valence-electron chi connectivity index (χ3n) is 4.94. The Kier molecular flexibility index (Phi) is 5.00. The van der Waals surface area contributed by atoms with Gasteiger partial charge in [0.15, 0.2) is 0 Å². The summed E-state index contributed by atoms with van der Waals surface area (Å²) >= 11 is 1.69. The fourth-order valence-corrected chi connectivity index (χ4v) is 4.13. The zero-order valence-electron chi connectivity index (χ0n) is 15.4. The minimum atomic E-state index is -0.120. The Hall–Kier alpha value is -2.58. The first kappa shape index (κ1) is 17.8. The smallest absolute Gasteiger partial charge is 0.225 e. The van der Waals surface area contributed by atoms with Crippen LogP contribution in [-0.4, -0.2) is 51.9 Å². The Morgan fingerprint density at radius 2 is 1.89 bits per heavy atom. The summed E-state index contributed by atoms with van der Waals surface area (Å²) in [5.74, 6) is 0.591. The van der Waals surface area contributed by atoms with Crippen LogP contribution in [0.3, 0.4) is 0 Å². The van der Waals surface area contributed by atoms with Gasteiger partial charge in [-0.15, -0.1) is 11.3 Å². The lowest BCUT2D eigenvalue weighted by Gasteiger charge is -2.38.